The average Bonchev–Trinajstić information content (AvgIpc) is 3.16. The Bertz CT molecular complexity index is 1370. The molecule has 1 N–H and O–H groups in total. The number of hydrogen-bond donors (Lipinski definition) is 1. The molecule has 0 fully saturated rings. The molecule has 0 aliphatic carbocycles. The number of amides is 1. The van der Waals surface area contributed by atoms with Gasteiger partial charge < -0.3 is 14.6 Å². The Morgan fingerprint density at radius 3 is 2.69 bits per heavy atom. The third-order valence-corrected chi connectivity index (χ3v) is 5.11. The fraction of sp³-hybridized carbons (Fsp3) is 0.0769. The highest BCUT2D eigenvalue weighted by molar-refractivity contribution is 6.10. The molecular weight excluding hydrogens is 405 g/mol. The molecule has 0 bridgehead atoms. The van der Waals surface area contributed by atoms with Gasteiger partial charge in [-0.3, -0.25) is 4.79 Å². The van der Waals surface area contributed by atoms with E-state index in [9.17, 15) is 14.4 Å². The summed E-state index contributed by atoms with van der Waals surface area (Å²) in [6, 6.07) is 23.1. The summed E-state index contributed by atoms with van der Waals surface area (Å²) < 4.78 is 21.3. The molecule has 0 spiro atoms. The van der Waals surface area contributed by atoms with Crippen LogP contribution in [-0.2, 0) is 11.3 Å². The summed E-state index contributed by atoms with van der Waals surface area (Å²) in [5.41, 5.74) is 2.63. The summed E-state index contributed by atoms with van der Waals surface area (Å²) in [7, 11) is 1.54. The molecule has 3 aromatic carbocycles. The van der Waals surface area contributed by atoms with Gasteiger partial charge in [0.25, 0.3) is 5.91 Å². The van der Waals surface area contributed by atoms with Crippen LogP contribution in [0.2, 0.25) is 0 Å². The molecule has 0 atom stereocenters. The van der Waals surface area contributed by atoms with Crippen LogP contribution in [0.25, 0.3) is 17.0 Å². The lowest BCUT2D eigenvalue weighted by molar-refractivity contribution is -0.112. The molecule has 32 heavy (non-hydrogen) atoms. The van der Waals surface area contributed by atoms with Gasteiger partial charge in [-0.2, -0.15) is 5.26 Å². The van der Waals surface area contributed by atoms with Gasteiger partial charge in [-0.25, -0.2) is 4.39 Å². The third kappa shape index (κ3) is 4.37. The van der Waals surface area contributed by atoms with Gasteiger partial charge in [-0.05, 0) is 30.3 Å². The number of aromatic nitrogens is 1. The second kappa shape index (κ2) is 9.19. The number of fused-ring (bicyclic) bond motifs is 1. The molecule has 0 aliphatic rings. The van der Waals surface area contributed by atoms with Gasteiger partial charge in [-0.15, -0.1) is 0 Å². The molecule has 0 saturated carbocycles. The van der Waals surface area contributed by atoms with Gasteiger partial charge in [-0.1, -0.05) is 42.5 Å². The molecule has 4 rings (SSSR count). The van der Waals surface area contributed by atoms with Crippen LogP contribution in [0.15, 0.2) is 84.6 Å². The van der Waals surface area contributed by atoms with Crippen molar-refractivity contribution >= 4 is 28.6 Å². The van der Waals surface area contributed by atoms with E-state index < -0.39 is 5.91 Å². The fourth-order valence-corrected chi connectivity index (χ4v) is 3.53. The zero-order valence-corrected chi connectivity index (χ0v) is 17.4. The molecule has 5 nitrogen and oxygen atoms in total. The van der Waals surface area contributed by atoms with Crippen LogP contribution in [0, 0.1) is 17.1 Å². The van der Waals surface area contributed by atoms with Crippen molar-refractivity contribution in [3.05, 3.63) is 102 Å². The van der Waals surface area contributed by atoms with Crippen molar-refractivity contribution in [2.75, 3.05) is 12.4 Å². The first-order valence-corrected chi connectivity index (χ1v) is 9.97. The second-order valence-corrected chi connectivity index (χ2v) is 7.18. The zero-order valence-electron chi connectivity index (χ0n) is 17.4. The summed E-state index contributed by atoms with van der Waals surface area (Å²) in [6.45, 7) is 0.332. The summed E-state index contributed by atoms with van der Waals surface area (Å²) >= 11 is 0. The SMILES string of the molecule is COc1cccc(NC(=O)/C(C#N)=C/c2cn(Cc3ccccc3F)c3ccccc23)c1. The number of nitriles is 1. The van der Waals surface area contributed by atoms with Crippen molar-refractivity contribution in [2.24, 2.45) is 0 Å². The van der Waals surface area contributed by atoms with Gasteiger partial charge >= 0.3 is 0 Å². The number of hydrogen-bond acceptors (Lipinski definition) is 3. The van der Waals surface area contributed by atoms with Gasteiger partial charge in [0.1, 0.15) is 23.2 Å². The van der Waals surface area contributed by atoms with Crippen molar-refractivity contribution < 1.29 is 13.9 Å². The van der Waals surface area contributed by atoms with E-state index in [4.69, 9.17) is 4.74 Å². The maximum Gasteiger partial charge on any atom is 0.266 e. The zero-order chi connectivity index (χ0) is 22.5. The van der Waals surface area contributed by atoms with E-state index in [1.165, 1.54) is 6.07 Å². The third-order valence-electron chi connectivity index (χ3n) is 5.11. The lowest BCUT2D eigenvalue weighted by Gasteiger charge is -2.06. The molecule has 0 unspecified atom stereocenters. The first-order chi connectivity index (χ1) is 15.6. The molecule has 1 aromatic heterocycles. The lowest BCUT2D eigenvalue weighted by atomic mass is 10.1. The maximum absolute atomic E-state index is 14.2. The van der Waals surface area contributed by atoms with Crippen LogP contribution >= 0.6 is 0 Å². The molecular formula is C26H20FN3O2. The number of carbonyl (C=O) groups excluding carboxylic acids is 1. The molecule has 158 valence electrons. The van der Waals surface area contributed by atoms with Crippen LogP contribution in [0.4, 0.5) is 10.1 Å². The predicted molar refractivity (Wildman–Crippen MR) is 123 cm³/mol. The quantitative estimate of drug-likeness (QED) is 0.333. The maximum atomic E-state index is 14.2. The number of carbonyl (C=O) groups is 1. The van der Waals surface area contributed by atoms with Gasteiger partial charge in [0, 0.05) is 40.0 Å². The van der Waals surface area contributed by atoms with Crippen molar-refractivity contribution in [1.82, 2.24) is 4.57 Å². The fourth-order valence-electron chi connectivity index (χ4n) is 3.53. The average molecular weight is 425 g/mol. The van der Waals surface area contributed by atoms with E-state index in [1.807, 2.05) is 41.1 Å². The number of anilines is 1. The minimum atomic E-state index is -0.522. The smallest absolute Gasteiger partial charge is 0.266 e. The number of halogens is 1. The summed E-state index contributed by atoms with van der Waals surface area (Å²) in [5, 5.41) is 13.2. The van der Waals surface area contributed by atoms with Crippen LogP contribution < -0.4 is 10.1 Å². The van der Waals surface area contributed by atoms with Gasteiger partial charge in [0.05, 0.1) is 13.7 Å². The predicted octanol–water partition coefficient (Wildman–Crippen LogP) is 5.38. The van der Waals surface area contributed by atoms with Crippen molar-refractivity contribution in [3.63, 3.8) is 0 Å². The van der Waals surface area contributed by atoms with Crippen LogP contribution in [-0.4, -0.2) is 17.6 Å². The number of para-hydroxylation sites is 1. The van der Waals surface area contributed by atoms with E-state index in [0.717, 1.165) is 10.9 Å². The molecule has 6 heteroatoms. The van der Waals surface area contributed by atoms with Crippen LogP contribution in [0.5, 0.6) is 5.75 Å². The molecule has 4 aromatic rings. The summed E-state index contributed by atoms with van der Waals surface area (Å²) in [6.07, 6.45) is 3.38. The lowest BCUT2D eigenvalue weighted by Crippen LogP contribution is -2.13. The highest BCUT2D eigenvalue weighted by atomic mass is 19.1. The van der Waals surface area contributed by atoms with E-state index >= 15 is 0 Å². The Kier molecular flexibility index (Phi) is 6.00. The normalized spacial score (nSPS) is 11.2. The van der Waals surface area contributed by atoms with E-state index in [0.29, 0.717) is 29.1 Å². The highest BCUT2D eigenvalue weighted by Gasteiger charge is 2.14. The molecule has 1 amide bonds. The van der Waals surface area contributed by atoms with E-state index in [2.05, 4.69) is 5.32 Å². The topological polar surface area (TPSA) is 67.0 Å². The number of nitrogens with one attached hydrogen (secondary N) is 1. The summed E-state index contributed by atoms with van der Waals surface area (Å²) in [5.74, 6) is -0.203. The summed E-state index contributed by atoms with van der Waals surface area (Å²) in [4.78, 5) is 12.7. The monoisotopic (exact) mass is 425 g/mol. The minimum absolute atomic E-state index is 0.0402. The number of rotatable bonds is 6. The number of methoxy groups -OCH3 is 1. The van der Waals surface area contributed by atoms with Crippen molar-refractivity contribution in [1.29, 1.82) is 5.26 Å². The van der Waals surface area contributed by atoms with Gasteiger partial charge in [0.15, 0.2) is 0 Å². The van der Waals surface area contributed by atoms with Crippen molar-refractivity contribution in [2.45, 2.75) is 6.54 Å². The minimum Gasteiger partial charge on any atom is -0.497 e. The van der Waals surface area contributed by atoms with E-state index in [1.54, 1.807) is 55.7 Å². The molecule has 0 aliphatic heterocycles. The molecule has 1 heterocycles. The Labute approximate surface area is 185 Å². The van der Waals surface area contributed by atoms with Crippen LogP contribution in [0.3, 0.4) is 0 Å². The van der Waals surface area contributed by atoms with Crippen molar-refractivity contribution in [3.8, 4) is 11.8 Å². The van der Waals surface area contributed by atoms with Gasteiger partial charge in [0.2, 0.25) is 0 Å². The molecule has 0 radical (unpaired) electrons. The number of benzene rings is 3. The van der Waals surface area contributed by atoms with E-state index in [-0.39, 0.29) is 11.4 Å². The Hall–Kier alpha value is -4.37. The van der Waals surface area contributed by atoms with Crippen LogP contribution in [0.1, 0.15) is 11.1 Å². The first kappa shape index (κ1) is 20.9. The highest BCUT2D eigenvalue weighted by Crippen LogP contribution is 2.25. The largest absolute Gasteiger partial charge is 0.497 e. The molecule has 0 saturated heterocycles. The standard InChI is InChI=1S/C26H20FN3O2/c1-32-22-9-6-8-21(14-22)29-26(31)19(15-28)13-20-17-30(25-12-5-3-10-23(20)25)16-18-7-2-4-11-24(18)27/h2-14,17H,16H2,1H3,(H,29,31)/b19-13+. The Balaban J connectivity index is 1.68. The second-order valence-electron chi connectivity index (χ2n) is 7.18. The Morgan fingerprint density at radius 1 is 1.12 bits per heavy atom. The number of nitrogens with zero attached hydrogens (tertiary/aromatic N) is 2. The Morgan fingerprint density at radius 2 is 1.91 bits per heavy atom. The first-order valence-electron chi connectivity index (χ1n) is 9.97. The number of ether oxygens (including phenoxy) is 1.